The molecule has 6 nitrogen and oxygen atoms in total. The van der Waals surface area contributed by atoms with Gasteiger partial charge in [-0.25, -0.2) is 8.42 Å². The number of ether oxygens (including phenoxy) is 1. The van der Waals surface area contributed by atoms with E-state index in [2.05, 4.69) is 43.4 Å². The zero-order valence-corrected chi connectivity index (χ0v) is 20.5. The number of anilines is 1. The van der Waals surface area contributed by atoms with Gasteiger partial charge in [-0.05, 0) is 79.8 Å². The number of primary amides is 1. The maximum atomic E-state index is 13.2. The lowest BCUT2D eigenvalue weighted by Gasteiger charge is -2.33. The van der Waals surface area contributed by atoms with Crippen molar-refractivity contribution in [3.63, 3.8) is 0 Å². The van der Waals surface area contributed by atoms with E-state index in [4.69, 9.17) is 10.5 Å². The Labute approximate surface area is 197 Å². The van der Waals surface area contributed by atoms with Gasteiger partial charge in [0, 0.05) is 25.4 Å². The summed E-state index contributed by atoms with van der Waals surface area (Å²) in [5, 5.41) is 3.35. The largest absolute Gasteiger partial charge is 0.385 e. The predicted octanol–water partition coefficient (Wildman–Crippen LogP) is 4.13. The number of hydrogen-bond acceptors (Lipinski definition) is 5. The Morgan fingerprint density at radius 1 is 1.06 bits per heavy atom. The first-order valence-electron chi connectivity index (χ1n) is 11.8. The molecular weight excluding hydrogens is 436 g/mol. The van der Waals surface area contributed by atoms with Crippen LogP contribution in [0.25, 0.3) is 0 Å². The molecule has 33 heavy (non-hydrogen) atoms. The molecule has 3 N–H and O–H groups in total. The molecule has 0 atom stereocenters. The van der Waals surface area contributed by atoms with Crippen LogP contribution in [0, 0.1) is 5.92 Å². The van der Waals surface area contributed by atoms with Crippen LogP contribution in [0.3, 0.4) is 0 Å². The Kier molecular flexibility index (Phi) is 8.54. The van der Waals surface area contributed by atoms with Crippen LogP contribution in [-0.4, -0.2) is 38.8 Å². The van der Waals surface area contributed by atoms with Gasteiger partial charge in [-0.3, -0.25) is 4.79 Å². The SMILES string of the molecule is CC(C)CCc1cccc(CCCNc2ccc(S(=O)(=O)C3(C(N)=O)CCOCC3)cc2)c1. The van der Waals surface area contributed by atoms with Crippen molar-refractivity contribution >= 4 is 21.4 Å². The maximum absolute atomic E-state index is 13.2. The van der Waals surface area contributed by atoms with Crippen LogP contribution in [0.5, 0.6) is 0 Å². The second-order valence-corrected chi connectivity index (χ2v) is 11.5. The van der Waals surface area contributed by atoms with Gasteiger partial charge in [0.05, 0.1) is 4.90 Å². The van der Waals surface area contributed by atoms with Gasteiger partial charge in [0.1, 0.15) is 0 Å². The Hall–Kier alpha value is -2.38. The van der Waals surface area contributed by atoms with Gasteiger partial charge in [0.2, 0.25) is 5.91 Å². The fraction of sp³-hybridized carbons (Fsp3) is 0.500. The Morgan fingerprint density at radius 2 is 1.70 bits per heavy atom. The highest BCUT2D eigenvalue weighted by Crippen LogP contribution is 2.35. The molecule has 0 unspecified atom stereocenters. The monoisotopic (exact) mass is 472 g/mol. The summed E-state index contributed by atoms with van der Waals surface area (Å²) >= 11 is 0. The van der Waals surface area contributed by atoms with Crippen molar-refractivity contribution in [1.82, 2.24) is 0 Å². The lowest BCUT2D eigenvalue weighted by Crippen LogP contribution is -2.53. The number of carbonyl (C=O) groups excluding carboxylic acids is 1. The Bertz CT molecular complexity index is 1030. The quantitative estimate of drug-likeness (QED) is 0.479. The van der Waals surface area contributed by atoms with Gasteiger partial charge < -0.3 is 15.8 Å². The summed E-state index contributed by atoms with van der Waals surface area (Å²) in [4.78, 5) is 12.2. The highest BCUT2D eigenvalue weighted by Gasteiger charge is 2.51. The number of carbonyl (C=O) groups is 1. The number of sulfone groups is 1. The van der Waals surface area contributed by atoms with E-state index in [0.717, 1.165) is 31.5 Å². The zero-order chi connectivity index (χ0) is 23.9. The molecule has 0 spiro atoms. The topological polar surface area (TPSA) is 98.5 Å². The lowest BCUT2D eigenvalue weighted by molar-refractivity contribution is -0.122. The summed E-state index contributed by atoms with van der Waals surface area (Å²) in [5.74, 6) is -0.0986. The van der Waals surface area contributed by atoms with E-state index in [-0.39, 0.29) is 31.0 Å². The third kappa shape index (κ3) is 6.15. The van der Waals surface area contributed by atoms with E-state index in [1.165, 1.54) is 17.5 Å². The van der Waals surface area contributed by atoms with Gasteiger partial charge in [-0.2, -0.15) is 0 Å². The summed E-state index contributed by atoms with van der Waals surface area (Å²) in [7, 11) is -3.90. The fourth-order valence-corrected chi connectivity index (χ4v) is 6.16. The molecule has 1 aliphatic heterocycles. The van der Waals surface area contributed by atoms with Gasteiger partial charge in [-0.15, -0.1) is 0 Å². The van der Waals surface area contributed by atoms with Gasteiger partial charge >= 0.3 is 0 Å². The smallest absolute Gasteiger partial charge is 0.239 e. The number of nitrogens with two attached hydrogens (primary N) is 1. The molecule has 0 aromatic heterocycles. The minimum absolute atomic E-state index is 0.0866. The molecule has 1 fully saturated rings. The van der Waals surface area contributed by atoms with E-state index in [1.807, 2.05) is 0 Å². The normalized spacial score (nSPS) is 16.0. The van der Waals surface area contributed by atoms with Crippen LogP contribution in [-0.2, 0) is 32.2 Å². The summed E-state index contributed by atoms with van der Waals surface area (Å²) in [6.07, 6.45) is 4.44. The molecule has 1 heterocycles. The molecule has 3 rings (SSSR count). The molecule has 0 bridgehead atoms. The molecule has 0 aliphatic carbocycles. The van der Waals surface area contributed by atoms with Crippen molar-refractivity contribution in [3.8, 4) is 0 Å². The van der Waals surface area contributed by atoms with Crippen molar-refractivity contribution in [2.45, 2.75) is 62.0 Å². The average molecular weight is 473 g/mol. The molecule has 7 heteroatoms. The van der Waals surface area contributed by atoms with Crippen molar-refractivity contribution < 1.29 is 17.9 Å². The van der Waals surface area contributed by atoms with Crippen LogP contribution in [0.1, 0.15) is 50.7 Å². The molecule has 0 saturated carbocycles. The summed E-state index contributed by atoms with van der Waals surface area (Å²) in [5.41, 5.74) is 9.12. The Balaban J connectivity index is 1.55. The maximum Gasteiger partial charge on any atom is 0.239 e. The summed E-state index contributed by atoms with van der Waals surface area (Å²) in [6.45, 7) is 5.70. The summed E-state index contributed by atoms with van der Waals surface area (Å²) in [6, 6.07) is 15.4. The third-order valence-electron chi connectivity index (χ3n) is 6.40. The second-order valence-electron chi connectivity index (χ2n) is 9.28. The molecule has 180 valence electrons. The number of amides is 1. The molecule has 1 saturated heterocycles. The third-order valence-corrected chi connectivity index (χ3v) is 8.93. The van der Waals surface area contributed by atoms with Gasteiger partial charge in [-0.1, -0.05) is 38.1 Å². The average Bonchev–Trinajstić information content (AvgIpc) is 2.81. The first-order chi connectivity index (χ1) is 15.7. The van der Waals surface area contributed by atoms with Gasteiger partial charge in [0.25, 0.3) is 0 Å². The van der Waals surface area contributed by atoms with Crippen molar-refractivity contribution in [2.75, 3.05) is 25.1 Å². The fourth-order valence-electron chi connectivity index (χ4n) is 4.25. The number of nitrogens with one attached hydrogen (secondary N) is 1. The number of benzene rings is 2. The van der Waals surface area contributed by atoms with Crippen LogP contribution in [0.2, 0.25) is 0 Å². The van der Waals surface area contributed by atoms with Crippen molar-refractivity contribution in [2.24, 2.45) is 11.7 Å². The molecule has 2 aromatic rings. The molecule has 0 radical (unpaired) electrons. The summed E-state index contributed by atoms with van der Waals surface area (Å²) < 4.78 is 30.1. The van der Waals surface area contributed by atoms with E-state index in [9.17, 15) is 13.2 Å². The zero-order valence-electron chi connectivity index (χ0n) is 19.7. The standard InChI is InChI=1S/C26H36N2O4S/c1-20(2)8-9-22-6-3-5-21(19-22)7-4-16-28-23-10-12-24(13-11-23)33(30,31)26(25(27)29)14-17-32-18-15-26/h3,5-6,10-13,19-20,28H,4,7-9,14-18H2,1-2H3,(H2,27,29). The van der Waals surface area contributed by atoms with Crippen LogP contribution >= 0.6 is 0 Å². The number of hydrogen-bond donors (Lipinski definition) is 2. The molecule has 1 amide bonds. The van der Waals surface area contributed by atoms with E-state index in [0.29, 0.717) is 5.92 Å². The second kappa shape index (κ2) is 11.2. The first-order valence-corrected chi connectivity index (χ1v) is 13.3. The molecule has 1 aliphatic rings. The van der Waals surface area contributed by atoms with E-state index in [1.54, 1.807) is 24.3 Å². The number of aryl methyl sites for hydroxylation is 2. The van der Waals surface area contributed by atoms with Crippen LogP contribution in [0.15, 0.2) is 53.4 Å². The van der Waals surface area contributed by atoms with Crippen LogP contribution in [0.4, 0.5) is 5.69 Å². The minimum Gasteiger partial charge on any atom is -0.385 e. The van der Waals surface area contributed by atoms with Crippen molar-refractivity contribution in [1.29, 1.82) is 0 Å². The predicted molar refractivity (Wildman–Crippen MR) is 132 cm³/mol. The highest BCUT2D eigenvalue weighted by atomic mass is 32.2. The van der Waals surface area contributed by atoms with Gasteiger partial charge in [0.15, 0.2) is 14.6 Å². The first kappa shape index (κ1) is 25.2. The van der Waals surface area contributed by atoms with Crippen molar-refractivity contribution in [3.05, 3.63) is 59.7 Å². The minimum atomic E-state index is -3.90. The highest BCUT2D eigenvalue weighted by molar-refractivity contribution is 7.93. The molecular formula is C26H36N2O4S. The Morgan fingerprint density at radius 3 is 2.30 bits per heavy atom. The van der Waals surface area contributed by atoms with Crippen LogP contribution < -0.4 is 11.1 Å². The van der Waals surface area contributed by atoms with E-state index >= 15 is 0 Å². The van der Waals surface area contributed by atoms with E-state index < -0.39 is 20.5 Å². The molecule has 2 aromatic carbocycles. The number of rotatable bonds is 11. The lowest BCUT2D eigenvalue weighted by atomic mass is 9.98.